The number of halogens is 1. The fraction of sp³-hybridized carbons (Fsp3) is 0.357. The zero-order valence-electron chi connectivity index (χ0n) is 11.0. The molecule has 0 aliphatic carbocycles. The molecule has 0 aliphatic heterocycles. The predicted octanol–water partition coefficient (Wildman–Crippen LogP) is 2.69. The number of rotatable bonds is 4. The Morgan fingerprint density at radius 3 is 2.72 bits per heavy atom. The molecule has 0 saturated heterocycles. The van der Waals surface area contributed by atoms with E-state index in [9.17, 15) is 0 Å². The molecule has 0 bridgehead atoms. The summed E-state index contributed by atoms with van der Waals surface area (Å²) in [5, 5.41) is 3.93. The van der Waals surface area contributed by atoms with Crippen LogP contribution in [0.15, 0.2) is 24.3 Å². The van der Waals surface area contributed by atoms with E-state index in [-0.39, 0.29) is 0 Å². The third-order valence-corrected chi connectivity index (χ3v) is 3.59. The largest absolute Gasteiger partial charge is 0.334 e. The van der Waals surface area contributed by atoms with Gasteiger partial charge in [0.05, 0.1) is 12.2 Å². The highest BCUT2D eigenvalue weighted by atomic mass is 35.5. The summed E-state index contributed by atoms with van der Waals surface area (Å²) in [6.45, 7) is 2.87. The van der Waals surface area contributed by atoms with Crippen LogP contribution in [-0.4, -0.2) is 16.6 Å². The molecule has 18 heavy (non-hydrogen) atoms. The molecule has 0 radical (unpaired) electrons. The van der Waals surface area contributed by atoms with Crippen molar-refractivity contribution < 1.29 is 0 Å². The van der Waals surface area contributed by atoms with Crippen molar-refractivity contribution in [2.45, 2.75) is 19.9 Å². The van der Waals surface area contributed by atoms with Gasteiger partial charge in [-0.15, -0.1) is 0 Å². The van der Waals surface area contributed by atoms with Crippen molar-refractivity contribution in [3.63, 3.8) is 0 Å². The molecule has 0 amide bonds. The van der Waals surface area contributed by atoms with Crippen LogP contribution in [0.25, 0.3) is 0 Å². The van der Waals surface area contributed by atoms with Gasteiger partial charge in [-0.05, 0) is 25.6 Å². The lowest BCUT2D eigenvalue weighted by atomic mass is 10.1. The van der Waals surface area contributed by atoms with Crippen molar-refractivity contribution in [1.29, 1.82) is 0 Å². The van der Waals surface area contributed by atoms with Crippen molar-refractivity contribution >= 4 is 11.6 Å². The highest BCUT2D eigenvalue weighted by Gasteiger charge is 2.12. The summed E-state index contributed by atoms with van der Waals surface area (Å²) in [4.78, 5) is 4.68. The summed E-state index contributed by atoms with van der Waals surface area (Å²) in [5.74, 6) is 1.05. The lowest BCUT2D eigenvalue weighted by Gasteiger charge is -2.03. The summed E-state index contributed by atoms with van der Waals surface area (Å²) in [5.41, 5.74) is 3.41. The number of hydrogen-bond acceptors (Lipinski definition) is 2. The van der Waals surface area contributed by atoms with Crippen LogP contribution < -0.4 is 5.32 Å². The average molecular weight is 264 g/mol. The minimum Gasteiger partial charge on any atom is -0.334 e. The molecule has 4 heteroatoms. The van der Waals surface area contributed by atoms with Gasteiger partial charge in [0.25, 0.3) is 0 Å². The monoisotopic (exact) mass is 263 g/mol. The number of aromatic nitrogens is 2. The van der Waals surface area contributed by atoms with E-state index in [4.69, 9.17) is 11.6 Å². The minimum absolute atomic E-state index is 0.778. The van der Waals surface area contributed by atoms with Crippen molar-refractivity contribution in [2.75, 3.05) is 7.05 Å². The van der Waals surface area contributed by atoms with E-state index in [0.29, 0.717) is 0 Å². The predicted molar refractivity (Wildman–Crippen MR) is 75.0 cm³/mol. The molecule has 0 unspecified atom stereocenters. The third-order valence-electron chi connectivity index (χ3n) is 3.22. The van der Waals surface area contributed by atoms with E-state index in [1.54, 1.807) is 0 Å². The minimum atomic E-state index is 0.778. The first-order valence-electron chi connectivity index (χ1n) is 6.02. The molecule has 3 nitrogen and oxygen atoms in total. The second-order valence-corrected chi connectivity index (χ2v) is 4.82. The number of nitrogens with one attached hydrogen (secondary N) is 1. The summed E-state index contributed by atoms with van der Waals surface area (Å²) in [6, 6.07) is 7.93. The second-order valence-electron chi connectivity index (χ2n) is 4.42. The van der Waals surface area contributed by atoms with Gasteiger partial charge in [-0.25, -0.2) is 4.98 Å². The zero-order valence-corrected chi connectivity index (χ0v) is 11.8. The number of benzene rings is 1. The van der Waals surface area contributed by atoms with Gasteiger partial charge in [-0.2, -0.15) is 0 Å². The molecule has 0 aliphatic rings. The standard InChI is InChI=1S/C14H18ClN3/c1-10-13(17-14(9-16-2)18(10)3)8-11-6-4-5-7-12(11)15/h4-7,16H,8-9H2,1-3H3. The van der Waals surface area contributed by atoms with Crippen LogP contribution in [0.1, 0.15) is 22.8 Å². The molecule has 0 fully saturated rings. The van der Waals surface area contributed by atoms with Crippen LogP contribution in [0.3, 0.4) is 0 Å². The van der Waals surface area contributed by atoms with Gasteiger partial charge < -0.3 is 9.88 Å². The number of imidazole rings is 1. The van der Waals surface area contributed by atoms with Gasteiger partial charge in [0.15, 0.2) is 0 Å². The van der Waals surface area contributed by atoms with E-state index >= 15 is 0 Å². The van der Waals surface area contributed by atoms with Crippen molar-refractivity contribution in [2.24, 2.45) is 7.05 Å². The molecule has 1 heterocycles. The van der Waals surface area contributed by atoms with Gasteiger partial charge in [0.2, 0.25) is 0 Å². The highest BCUT2D eigenvalue weighted by molar-refractivity contribution is 6.31. The van der Waals surface area contributed by atoms with Crippen LogP contribution in [-0.2, 0) is 20.0 Å². The van der Waals surface area contributed by atoms with Crippen molar-refractivity contribution in [3.05, 3.63) is 52.1 Å². The summed E-state index contributed by atoms with van der Waals surface area (Å²) in [7, 11) is 3.98. The lowest BCUT2D eigenvalue weighted by molar-refractivity contribution is 0.700. The van der Waals surface area contributed by atoms with Crippen molar-refractivity contribution in [3.8, 4) is 0 Å². The maximum absolute atomic E-state index is 6.19. The summed E-state index contributed by atoms with van der Waals surface area (Å²) >= 11 is 6.19. The Kier molecular flexibility index (Phi) is 4.04. The van der Waals surface area contributed by atoms with E-state index in [0.717, 1.165) is 35.1 Å². The van der Waals surface area contributed by atoms with Crippen molar-refractivity contribution in [1.82, 2.24) is 14.9 Å². The topological polar surface area (TPSA) is 29.9 Å². The number of nitrogens with zero attached hydrogens (tertiary/aromatic N) is 2. The highest BCUT2D eigenvalue weighted by Crippen LogP contribution is 2.20. The fourth-order valence-corrected chi connectivity index (χ4v) is 2.21. The maximum atomic E-state index is 6.19. The van der Waals surface area contributed by atoms with Crippen LogP contribution in [0.4, 0.5) is 0 Å². The van der Waals surface area contributed by atoms with Gasteiger partial charge >= 0.3 is 0 Å². The third kappa shape index (κ3) is 2.57. The normalized spacial score (nSPS) is 10.9. The molecule has 2 aromatic rings. The van der Waals surface area contributed by atoms with Crippen LogP contribution in [0.5, 0.6) is 0 Å². The molecule has 1 aromatic carbocycles. The van der Waals surface area contributed by atoms with Crippen LogP contribution in [0.2, 0.25) is 5.02 Å². The Morgan fingerprint density at radius 1 is 1.33 bits per heavy atom. The first kappa shape index (κ1) is 13.1. The first-order valence-corrected chi connectivity index (χ1v) is 6.40. The average Bonchev–Trinajstić information content (AvgIpc) is 2.61. The maximum Gasteiger partial charge on any atom is 0.122 e. The Hall–Kier alpha value is -1.32. The lowest BCUT2D eigenvalue weighted by Crippen LogP contribution is -2.10. The Bertz CT molecular complexity index is 546. The Labute approximate surface area is 113 Å². The zero-order chi connectivity index (χ0) is 13.1. The molecule has 2 rings (SSSR count). The first-order chi connectivity index (χ1) is 8.63. The van der Waals surface area contributed by atoms with E-state index in [1.807, 2.05) is 38.4 Å². The van der Waals surface area contributed by atoms with Crippen LogP contribution in [0, 0.1) is 6.92 Å². The van der Waals surface area contributed by atoms with Gasteiger partial charge in [0.1, 0.15) is 5.82 Å². The molecular weight excluding hydrogens is 246 g/mol. The van der Waals surface area contributed by atoms with E-state index in [2.05, 4.69) is 21.8 Å². The quantitative estimate of drug-likeness (QED) is 0.919. The molecule has 1 N–H and O–H groups in total. The molecule has 96 valence electrons. The fourth-order valence-electron chi connectivity index (χ4n) is 2.00. The molecular formula is C14H18ClN3. The van der Waals surface area contributed by atoms with E-state index in [1.165, 1.54) is 5.69 Å². The molecule has 0 saturated carbocycles. The van der Waals surface area contributed by atoms with Gasteiger partial charge in [-0.1, -0.05) is 29.8 Å². The smallest absolute Gasteiger partial charge is 0.122 e. The summed E-state index contributed by atoms with van der Waals surface area (Å²) < 4.78 is 2.13. The molecule has 1 aromatic heterocycles. The SMILES string of the molecule is CNCc1nc(Cc2ccccc2Cl)c(C)n1C. The Morgan fingerprint density at radius 2 is 2.06 bits per heavy atom. The van der Waals surface area contributed by atoms with Gasteiger partial charge in [0, 0.05) is 24.2 Å². The summed E-state index contributed by atoms with van der Waals surface area (Å²) in [6.07, 6.45) is 0.781. The van der Waals surface area contributed by atoms with Crippen LogP contribution >= 0.6 is 11.6 Å². The molecule has 0 spiro atoms. The molecule has 0 atom stereocenters. The second kappa shape index (κ2) is 5.55. The number of hydrogen-bond donors (Lipinski definition) is 1. The Balaban J connectivity index is 2.30. The van der Waals surface area contributed by atoms with E-state index < -0.39 is 0 Å². The van der Waals surface area contributed by atoms with Gasteiger partial charge in [-0.3, -0.25) is 0 Å².